The van der Waals surface area contributed by atoms with E-state index in [0.29, 0.717) is 48.6 Å². The van der Waals surface area contributed by atoms with Crippen LogP contribution in [-0.4, -0.2) is 67.7 Å². The average molecular weight is 737 g/mol. The molecule has 3 N–H and O–H groups in total. The fourth-order valence-electron chi connectivity index (χ4n) is 6.36. The van der Waals surface area contributed by atoms with Crippen LogP contribution in [0, 0.1) is 41.4 Å². The summed E-state index contributed by atoms with van der Waals surface area (Å²) in [5, 5.41) is 16.4. The number of ketones is 1. The molecule has 11 nitrogen and oxygen atoms in total. The van der Waals surface area contributed by atoms with Crippen LogP contribution in [0.1, 0.15) is 79.8 Å². The van der Waals surface area contributed by atoms with E-state index in [-0.39, 0.29) is 36.7 Å². The first-order valence-electron chi connectivity index (χ1n) is 15.3. The van der Waals surface area contributed by atoms with E-state index in [0.717, 1.165) is 0 Å². The number of aromatic nitrogens is 1. The van der Waals surface area contributed by atoms with Gasteiger partial charge in [-0.2, -0.15) is 0 Å². The van der Waals surface area contributed by atoms with Crippen LogP contribution in [0.25, 0.3) is 0 Å². The van der Waals surface area contributed by atoms with Gasteiger partial charge in [-0.25, -0.2) is 9.98 Å². The summed E-state index contributed by atoms with van der Waals surface area (Å²) < 4.78 is 11.3. The Labute approximate surface area is 279 Å². The van der Waals surface area contributed by atoms with Crippen LogP contribution in [0.2, 0.25) is 0 Å². The fraction of sp³-hybridized carbons (Fsp3) is 0.636. The summed E-state index contributed by atoms with van der Waals surface area (Å²) in [6.07, 6.45) is 1.52. The predicted octanol–water partition coefficient (Wildman–Crippen LogP) is 4.52. The lowest BCUT2D eigenvalue weighted by Crippen LogP contribution is -2.51. The molecule has 8 atom stereocenters. The first-order valence-corrected chi connectivity index (χ1v) is 16.5. The molecule has 1 amide bonds. The van der Waals surface area contributed by atoms with Crippen molar-refractivity contribution in [1.29, 1.82) is 0 Å². The van der Waals surface area contributed by atoms with Crippen molar-refractivity contribution in [3.8, 4) is 11.8 Å². The normalized spacial score (nSPS) is 35.3. The summed E-state index contributed by atoms with van der Waals surface area (Å²) in [6, 6.07) is 5.19. The van der Waals surface area contributed by atoms with Crippen molar-refractivity contribution in [1.82, 2.24) is 4.98 Å². The summed E-state index contributed by atoms with van der Waals surface area (Å²) in [5.74, 6) is 2.15. The standard InChI is InChI=1S/C33H45IN4O7/c1-19-16-32(6)17-20(2)29(40)22(4)30(41)45-31(34)33(7,42)26(21(3)28(19)36-23(5)39)14-13-25(18-43-32)38-44-15-9-11-24-10-8-12-27(35)37-24/h8,10,12,19-22,26,31,42H,13-18H2,1-7H3,(H2,35,37)/b36-28?,38-25+/t19-,20-,21-,22-,26-,31+,32-,33+/m1/s1. The molecule has 246 valence electrons. The monoisotopic (exact) mass is 736 g/mol. The van der Waals surface area contributed by atoms with Gasteiger partial charge in [-0.3, -0.25) is 14.4 Å². The van der Waals surface area contributed by atoms with Gasteiger partial charge in [0, 0.05) is 24.5 Å². The fourth-order valence-corrected chi connectivity index (χ4v) is 7.07. The Hall–Kier alpha value is -2.89. The molecule has 1 aromatic heterocycles. The van der Waals surface area contributed by atoms with Crippen LogP contribution in [0.15, 0.2) is 28.3 Å². The lowest BCUT2D eigenvalue weighted by Gasteiger charge is -2.42. The van der Waals surface area contributed by atoms with E-state index in [1.807, 2.05) is 43.4 Å². The zero-order valence-corrected chi connectivity index (χ0v) is 29.3. The van der Waals surface area contributed by atoms with E-state index >= 15 is 0 Å². The van der Waals surface area contributed by atoms with Crippen molar-refractivity contribution in [2.75, 3.05) is 18.9 Å². The number of pyridine rings is 1. The molecule has 2 fully saturated rings. The third-order valence-electron chi connectivity index (χ3n) is 8.68. The number of halogens is 1. The maximum Gasteiger partial charge on any atom is 0.317 e. The number of amides is 1. The molecule has 3 rings (SSSR count). The van der Waals surface area contributed by atoms with E-state index in [9.17, 15) is 19.5 Å². The summed E-state index contributed by atoms with van der Waals surface area (Å²) in [4.78, 5) is 53.0. The van der Waals surface area contributed by atoms with Gasteiger partial charge in [0.15, 0.2) is 10.7 Å². The molecule has 0 aliphatic carbocycles. The predicted molar refractivity (Wildman–Crippen MR) is 180 cm³/mol. The first kappa shape index (κ1) is 36.6. The quantitative estimate of drug-likeness (QED) is 0.0846. The number of cyclic esters (lactones) is 1. The van der Waals surface area contributed by atoms with Gasteiger partial charge in [-0.05, 0) is 98.9 Å². The van der Waals surface area contributed by atoms with Crippen LogP contribution >= 0.6 is 22.6 Å². The lowest BCUT2D eigenvalue weighted by molar-refractivity contribution is -0.164. The number of nitrogens with two attached hydrogens (primary N) is 1. The smallest absolute Gasteiger partial charge is 0.317 e. The summed E-state index contributed by atoms with van der Waals surface area (Å²) in [6.45, 7) is 12.3. The van der Waals surface area contributed by atoms with Gasteiger partial charge in [0.2, 0.25) is 5.91 Å². The molecule has 3 heterocycles. The molecule has 0 spiro atoms. The molecular formula is C33H45IN4O7. The van der Waals surface area contributed by atoms with Crippen molar-refractivity contribution in [3.63, 3.8) is 0 Å². The molecule has 2 bridgehead atoms. The number of hydrogen-bond donors (Lipinski definition) is 2. The highest BCUT2D eigenvalue weighted by Gasteiger charge is 2.47. The second kappa shape index (κ2) is 15.6. The third kappa shape index (κ3) is 9.80. The molecule has 0 radical (unpaired) electrons. The van der Waals surface area contributed by atoms with Crippen molar-refractivity contribution in [3.05, 3.63) is 23.9 Å². The number of carbonyl (C=O) groups excluding carboxylic acids is 3. The minimum absolute atomic E-state index is 0.00353. The molecule has 0 saturated carbocycles. The second-order valence-electron chi connectivity index (χ2n) is 12.7. The third-order valence-corrected chi connectivity index (χ3v) is 10.2. The van der Waals surface area contributed by atoms with Gasteiger partial charge in [0.05, 0.1) is 17.9 Å². The highest BCUT2D eigenvalue weighted by atomic mass is 127. The zero-order chi connectivity index (χ0) is 33.5. The Bertz CT molecular complexity index is 1380. The number of esters is 1. The molecule has 2 saturated heterocycles. The van der Waals surface area contributed by atoms with Gasteiger partial charge >= 0.3 is 5.97 Å². The number of hydrogen-bond acceptors (Lipinski definition) is 10. The van der Waals surface area contributed by atoms with E-state index in [4.69, 9.17) is 20.0 Å². The van der Waals surface area contributed by atoms with Crippen LogP contribution < -0.4 is 5.73 Å². The minimum atomic E-state index is -1.56. The van der Waals surface area contributed by atoms with Gasteiger partial charge < -0.3 is 25.2 Å². The number of nitrogen functional groups attached to an aromatic ring is 1. The van der Waals surface area contributed by atoms with E-state index in [1.165, 1.54) is 13.8 Å². The SMILES string of the molecule is CC(=O)N=C1[C@H](C)C[C@]2(C)C[C@@H](C)C(=O)[C@@H](C)C(=O)O[C@H](I)[C@@](C)(O)[C@H](CC/C(=N\OCC#Cc3cccc(N)n3)CO2)[C@H]1C. The van der Waals surface area contributed by atoms with Crippen LogP contribution in [0.5, 0.6) is 0 Å². The Morgan fingerprint density at radius 3 is 2.56 bits per heavy atom. The molecule has 45 heavy (non-hydrogen) atoms. The summed E-state index contributed by atoms with van der Waals surface area (Å²) >= 11 is 1.91. The number of aliphatic hydroxyl groups is 1. The van der Waals surface area contributed by atoms with Crippen molar-refractivity contribution in [2.24, 2.45) is 39.7 Å². The van der Waals surface area contributed by atoms with Crippen molar-refractivity contribution < 1.29 is 33.8 Å². The molecule has 0 aromatic carbocycles. The minimum Gasteiger partial charge on any atom is -0.448 e. The second-order valence-corrected chi connectivity index (χ2v) is 13.9. The van der Waals surface area contributed by atoms with E-state index in [2.05, 4.69) is 27.0 Å². The zero-order valence-electron chi connectivity index (χ0n) is 27.1. The number of oxime groups is 1. The molecule has 2 aliphatic rings. The van der Waals surface area contributed by atoms with Crippen LogP contribution in [0.3, 0.4) is 0 Å². The topological polar surface area (TPSA) is 163 Å². The first-order chi connectivity index (χ1) is 21.0. The van der Waals surface area contributed by atoms with E-state index in [1.54, 1.807) is 32.0 Å². The highest BCUT2D eigenvalue weighted by molar-refractivity contribution is 14.1. The maximum atomic E-state index is 13.4. The Morgan fingerprint density at radius 1 is 1.20 bits per heavy atom. The number of nitrogens with zero attached hydrogens (tertiary/aromatic N) is 3. The number of aliphatic imine (C=N–C) groups is 1. The van der Waals surface area contributed by atoms with Crippen LogP contribution in [0.4, 0.5) is 5.82 Å². The summed E-state index contributed by atoms with van der Waals surface area (Å²) in [7, 11) is 0. The molecule has 2 aliphatic heterocycles. The van der Waals surface area contributed by atoms with Crippen LogP contribution in [-0.2, 0) is 28.7 Å². The Balaban J connectivity index is 2.07. The molecular weight excluding hydrogens is 691 g/mol. The lowest BCUT2D eigenvalue weighted by atomic mass is 9.71. The molecule has 0 unspecified atom stereocenters. The Morgan fingerprint density at radius 2 is 1.89 bits per heavy atom. The number of fused-ring (bicyclic) bond motifs is 5. The van der Waals surface area contributed by atoms with Crippen molar-refractivity contribution >= 4 is 57.5 Å². The highest BCUT2D eigenvalue weighted by Crippen LogP contribution is 2.41. The van der Waals surface area contributed by atoms with Gasteiger partial charge in [0.1, 0.15) is 28.8 Å². The van der Waals surface area contributed by atoms with Gasteiger partial charge in [-0.1, -0.05) is 37.9 Å². The Kier molecular flexibility index (Phi) is 12.7. The average Bonchev–Trinajstić information content (AvgIpc) is 2.97. The van der Waals surface area contributed by atoms with Crippen molar-refractivity contribution in [2.45, 2.75) is 89.5 Å². The maximum absolute atomic E-state index is 13.4. The van der Waals surface area contributed by atoms with Gasteiger partial charge in [0.25, 0.3) is 0 Å². The molecule has 1 aromatic rings. The number of ether oxygens (including phenoxy) is 2. The van der Waals surface area contributed by atoms with Gasteiger partial charge in [-0.15, -0.1) is 0 Å². The number of Topliss-reactive ketones (excluding diaryl/α,β-unsaturated/α-hetero) is 1. The largest absolute Gasteiger partial charge is 0.448 e. The molecule has 12 heteroatoms. The number of anilines is 1. The number of alkyl halides is 1. The van der Waals surface area contributed by atoms with E-state index < -0.39 is 39.0 Å². The number of carbonyl (C=O) groups is 3. The number of rotatable bonds is 2. The summed E-state index contributed by atoms with van der Waals surface area (Å²) in [5.41, 5.74) is 5.03.